The van der Waals surface area contributed by atoms with Crippen molar-refractivity contribution in [1.29, 1.82) is 0 Å². The number of aromatic amines is 1. The molecule has 1 atom stereocenters. The zero-order chi connectivity index (χ0) is 14.8. The number of benzene rings is 1. The summed E-state index contributed by atoms with van der Waals surface area (Å²) in [5.74, 6) is 1.38. The first-order valence-electron chi connectivity index (χ1n) is 6.30. The highest BCUT2D eigenvalue weighted by Gasteiger charge is 2.10. The monoisotopic (exact) mass is 284 g/mol. The molecule has 3 rings (SSSR count). The Hall–Kier alpha value is -3.03. The van der Waals surface area contributed by atoms with Crippen LogP contribution >= 0.6 is 0 Å². The molecule has 0 fully saturated rings. The molecule has 0 aliphatic heterocycles. The smallest absolute Gasteiger partial charge is 0.270 e. The first-order valence-corrected chi connectivity index (χ1v) is 6.30. The first kappa shape index (κ1) is 13.0. The summed E-state index contributed by atoms with van der Waals surface area (Å²) in [6.45, 7) is 1.93. The van der Waals surface area contributed by atoms with Gasteiger partial charge < -0.3 is 5.32 Å². The minimum atomic E-state index is -0.419. The SMILES string of the molecule is CC(Nc1ccc2cc([N+](=O)[O-])ccc2n1)c1ncn[nH]1. The number of anilines is 1. The van der Waals surface area contributed by atoms with E-state index in [1.807, 2.05) is 6.92 Å². The van der Waals surface area contributed by atoms with Gasteiger partial charge in [-0.25, -0.2) is 9.97 Å². The summed E-state index contributed by atoms with van der Waals surface area (Å²) in [5.41, 5.74) is 0.746. The Balaban J connectivity index is 1.87. The van der Waals surface area contributed by atoms with E-state index in [1.54, 1.807) is 18.2 Å². The average Bonchev–Trinajstić information content (AvgIpc) is 3.01. The van der Waals surface area contributed by atoms with Crippen molar-refractivity contribution in [3.05, 3.63) is 52.6 Å². The number of rotatable bonds is 4. The molecule has 0 radical (unpaired) electrons. The Kier molecular flexibility index (Phi) is 3.19. The summed E-state index contributed by atoms with van der Waals surface area (Å²) < 4.78 is 0. The number of nitrogens with one attached hydrogen (secondary N) is 2. The summed E-state index contributed by atoms with van der Waals surface area (Å²) in [7, 11) is 0. The third-order valence-electron chi connectivity index (χ3n) is 3.09. The van der Waals surface area contributed by atoms with E-state index in [0.29, 0.717) is 17.2 Å². The zero-order valence-corrected chi connectivity index (χ0v) is 11.1. The Bertz CT molecular complexity index is 786. The molecule has 2 aromatic heterocycles. The minimum Gasteiger partial charge on any atom is -0.360 e. The van der Waals surface area contributed by atoms with E-state index in [4.69, 9.17) is 0 Å². The highest BCUT2D eigenvalue weighted by molar-refractivity contribution is 5.82. The van der Waals surface area contributed by atoms with Crippen molar-refractivity contribution in [3.8, 4) is 0 Å². The van der Waals surface area contributed by atoms with Crippen LogP contribution in [0.15, 0.2) is 36.7 Å². The van der Waals surface area contributed by atoms with Crippen LogP contribution in [0.4, 0.5) is 11.5 Å². The lowest BCUT2D eigenvalue weighted by Gasteiger charge is -2.12. The molecule has 0 spiro atoms. The van der Waals surface area contributed by atoms with Gasteiger partial charge in [0.15, 0.2) is 0 Å². The molecule has 3 aromatic rings. The Labute approximate surface area is 119 Å². The molecule has 0 saturated carbocycles. The number of aromatic nitrogens is 4. The number of hydrogen-bond acceptors (Lipinski definition) is 6. The molecular formula is C13H12N6O2. The van der Waals surface area contributed by atoms with Crippen LogP contribution in [0.5, 0.6) is 0 Å². The molecule has 8 nitrogen and oxygen atoms in total. The third-order valence-corrected chi connectivity index (χ3v) is 3.09. The second kappa shape index (κ2) is 5.16. The second-order valence-corrected chi connectivity index (χ2v) is 4.57. The fourth-order valence-corrected chi connectivity index (χ4v) is 2.02. The van der Waals surface area contributed by atoms with E-state index >= 15 is 0 Å². The maximum Gasteiger partial charge on any atom is 0.270 e. The largest absolute Gasteiger partial charge is 0.360 e. The molecular weight excluding hydrogens is 272 g/mol. The van der Waals surface area contributed by atoms with Crippen LogP contribution in [0, 0.1) is 10.1 Å². The summed E-state index contributed by atoms with van der Waals surface area (Å²) in [4.78, 5) is 18.8. The standard InChI is InChI=1S/C13H12N6O2/c1-8(13-14-7-15-18-13)16-12-5-2-9-6-10(19(20)21)3-4-11(9)17-12/h2-8H,1H3,(H,16,17)(H,14,15,18). The molecule has 0 saturated heterocycles. The van der Waals surface area contributed by atoms with E-state index < -0.39 is 4.92 Å². The summed E-state index contributed by atoms with van der Waals surface area (Å²) >= 11 is 0. The number of hydrogen-bond donors (Lipinski definition) is 2. The lowest BCUT2D eigenvalue weighted by Crippen LogP contribution is -2.09. The number of H-pyrrole nitrogens is 1. The normalized spacial score (nSPS) is 12.2. The minimum absolute atomic E-state index is 0.0556. The van der Waals surface area contributed by atoms with Crippen molar-refractivity contribution >= 4 is 22.4 Å². The highest BCUT2D eigenvalue weighted by Crippen LogP contribution is 2.22. The van der Waals surface area contributed by atoms with Gasteiger partial charge in [-0.15, -0.1) is 0 Å². The number of pyridine rings is 1. The maximum absolute atomic E-state index is 10.7. The maximum atomic E-state index is 10.7. The predicted octanol–water partition coefficient (Wildman–Crippen LogP) is 2.43. The third kappa shape index (κ3) is 2.64. The molecule has 2 heterocycles. The molecule has 0 bridgehead atoms. The predicted molar refractivity (Wildman–Crippen MR) is 76.8 cm³/mol. The van der Waals surface area contributed by atoms with Crippen LogP contribution < -0.4 is 5.32 Å². The topological polar surface area (TPSA) is 110 Å². The van der Waals surface area contributed by atoms with E-state index in [1.165, 1.54) is 18.5 Å². The van der Waals surface area contributed by atoms with Crippen LogP contribution in [-0.4, -0.2) is 25.1 Å². The average molecular weight is 284 g/mol. The Morgan fingerprint density at radius 1 is 1.33 bits per heavy atom. The van der Waals surface area contributed by atoms with Crippen LogP contribution in [0.25, 0.3) is 10.9 Å². The molecule has 0 amide bonds. The van der Waals surface area contributed by atoms with E-state index in [0.717, 1.165) is 5.39 Å². The molecule has 8 heteroatoms. The zero-order valence-electron chi connectivity index (χ0n) is 11.1. The van der Waals surface area contributed by atoms with Gasteiger partial charge in [0, 0.05) is 17.5 Å². The van der Waals surface area contributed by atoms with Gasteiger partial charge >= 0.3 is 0 Å². The quantitative estimate of drug-likeness (QED) is 0.562. The summed E-state index contributed by atoms with van der Waals surface area (Å²) in [6.07, 6.45) is 1.44. The van der Waals surface area contributed by atoms with Gasteiger partial charge in [0.1, 0.15) is 18.0 Å². The van der Waals surface area contributed by atoms with Gasteiger partial charge in [-0.05, 0) is 25.1 Å². The number of nitrogens with zero attached hydrogens (tertiary/aromatic N) is 4. The van der Waals surface area contributed by atoms with Gasteiger partial charge in [0.25, 0.3) is 5.69 Å². The molecule has 21 heavy (non-hydrogen) atoms. The molecule has 1 aromatic carbocycles. The van der Waals surface area contributed by atoms with Crippen LogP contribution in [0.1, 0.15) is 18.8 Å². The van der Waals surface area contributed by atoms with Crippen molar-refractivity contribution in [2.45, 2.75) is 13.0 Å². The second-order valence-electron chi connectivity index (χ2n) is 4.57. The number of fused-ring (bicyclic) bond motifs is 1. The van der Waals surface area contributed by atoms with E-state index in [9.17, 15) is 10.1 Å². The van der Waals surface area contributed by atoms with Crippen molar-refractivity contribution in [3.63, 3.8) is 0 Å². The summed E-state index contributed by atoms with van der Waals surface area (Å²) in [6, 6.07) is 8.09. The Morgan fingerprint density at radius 2 is 2.19 bits per heavy atom. The van der Waals surface area contributed by atoms with E-state index in [-0.39, 0.29) is 11.7 Å². The van der Waals surface area contributed by atoms with Crippen molar-refractivity contribution in [2.24, 2.45) is 0 Å². The molecule has 0 aliphatic carbocycles. The van der Waals surface area contributed by atoms with Gasteiger partial charge in [-0.2, -0.15) is 5.10 Å². The van der Waals surface area contributed by atoms with E-state index in [2.05, 4.69) is 25.5 Å². The number of nitro benzene ring substituents is 1. The lowest BCUT2D eigenvalue weighted by molar-refractivity contribution is -0.384. The highest BCUT2D eigenvalue weighted by atomic mass is 16.6. The molecule has 106 valence electrons. The van der Waals surface area contributed by atoms with Crippen LogP contribution in [0.2, 0.25) is 0 Å². The van der Waals surface area contributed by atoms with Crippen molar-refractivity contribution in [2.75, 3.05) is 5.32 Å². The van der Waals surface area contributed by atoms with Crippen molar-refractivity contribution < 1.29 is 4.92 Å². The number of nitro groups is 1. The van der Waals surface area contributed by atoms with Crippen LogP contribution in [-0.2, 0) is 0 Å². The molecule has 0 aliphatic rings. The van der Waals surface area contributed by atoms with Gasteiger partial charge in [0.2, 0.25) is 0 Å². The van der Waals surface area contributed by atoms with Gasteiger partial charge in [-0.1, -0.05) is 0 Å². The fourth-order valence-electron chi connectivity index (χ4n) is 2.02. The molecule has 1 unspecified atom stereocenters. The molecule has 2 N–H and O–H groups in total. The summed E-state index contributed by atoms with van der Waals surface area (Å²) in [5, 5.41) is 21.3. The Morgan fingerprint density at radius 3 is 2.90 bits per heavy atom. The fraction of sp³-hybridized carbons (Fsp3) is 0.154. The lowest BCUT2D eigenvalue weighted by atomic mass is 10.2. The van der Waals surface area contributed by atoms with Gasteiger partial charge in [-0.3, -0.25) is 15.2 Å². The first-order chi connectivity index (χ1) is 10.1. The van der Waals surface area contributed by atoms with Crippen molar-refractivity contribution in [1.82, 2.24) is 20.2 Å². The number of non-ortho nitro benzene ring substituents is 1. The van der Waals surface area contributed by atoms with Crippen LogP contribution in [0.3, 0.4) is 0 Å². The van der Waals surface area contributed by atoms with Gasteiger partial charge in [0.05, 0.1) is 16.5 Å².